The van der Waals surface area contributed by atoms with Gasteiger partial charge in [-0.2, -0.15) is 5.26 Å². The number of likely N-dealkylation sites (tertiary alicyclic amines) is 1. The summed E-state index contributed by atoms with van der Waals surface area (Å²) in [4.78, 5) is 16.1. The standard InChI is InChI=1S/C11H12FN3O/c1-11(12)2-3-15(7-11)10(16)9-4-8(5-13)6-14-9/h4,6,14H,2-3,7H2,1H3/t11-/m1/s1. The van der Waals surface area contributed by atoms with E-state index in [1.54, 1.807) is 0 Å². The van der Waals surface area contributed by atoms with Crippen LogP contribution in [0.5, 0.6) is 0 Å². The Hall–Kier alpha value is -1.83. The first-order valence-electron chi connectivity index (χ1n) is 5.08. The summed E-state index contributed by atoms with van der Waals surface area (Å²) in [5, 5.41) is 8.63. The molecule has 0 radical (unpaired) electrons. The Morgan fingerprint density at radius 1 is 1.75 bits per heavy atom. The Labute approximate surface area is 92.7 Å². The number of aromatic amines is 1. The number of hydrogen-bond donors (Lipinski definition) is 1. The second-order valence-electron chi connectivity index (χ2n) is 4.30. The monoisotopic (exact) mass is 221 g/mol. The highest BCUT2D eigenvalue weighted by atomic mass is 19.1. The van der Waals surface area contributed by atoms with Gasteiger partial charge in [0.25, 0.3) is 5.91 Å². The molecule has 0 saturated carbocycles. The van der Waals surface area contributed by atoms with Crippen LogP contribution in [0.3, 0.4) is 0 Å². The third kappa shape index (κ3) is 1.91. The predicted molar refractivity (Wildman–Crippen MR) is 55.5 cm³/mol. The van der Waals surface area contributed by atoms with Gasteiger partial charge in [0.1, 0.15) is 17.4 Å². The van der Waals surface area contributed by atoms with Gasteiger partial charge >= 0.3 is 0 Å². The summed E-state index contributed by atoms with van der Waals surface area (Å²) >= 11 is 0. The number of nitrogens with one attached hydrogen (secondary N) is 1. The number of H-pyrrole nitrogens is 1. The maximum Gasteiger partial charge on any atom is 0.270 e. The van der Waals surface area contributed by atoms with Gasteiger partial charge in [0, 0.05) is 19.2 Å². The fourth-order valence-electron chi connectivity index (χ4n) is 1.85. The van der Waals surface area contributed by atoms with Crippen molar-refractivity contribution in [1.82, 2.24) is 9.88 Å². The number of halogens is 1. The molecule has 5 heteroatoms. The maximum absolute atomic E-state index is 13.6. The van der Waals surface area contributed by atoms with E-state index in [2.05, 4.69) is 4.98 Å². The molecule has 2 rings (SSSR count). The number of rotatable bonds is 1. The van der Waals surface area contributed by atoms with E-state index in [0.717, 1.165) is 0 Å². The number of amides is 1. The zero-order valence-electron chi connectivity index (χ0n) is 8.96. The van der Waals surface area contributed by atoms with Crippen molar-refractivity contribution < 1.29 is 9.18 Å². The molecule has 1 aliphatic rings. The van der Waals surface area contributed by atoms with Crippen LogP contribution in [0.2, 0.25) is 0 Å². The van der Waals surface area contributed by atoms with Gasteiger partial charge in [-0.1, -0.05) is 0 Å². The molecule has 84 valence electrons. The number of alkyl halides is 1. The lowest BCUT2D eigenvalue weighted by Gasteiger charge is -2.16. The summed E-state index contributed by atoms with van der Waals surface area (Å²) < 4.78 is 13.6. The van der Waals surface area contributed by atoms with Crippen LogP contribution in [0.25, 0.3) is 0 Å². The maximum atomic E-state index is 13.6. The highest BCUT2D eigenvalue weighted by Crippen LogP contribution is 2.25. The van der Waals surface area contributed by atoms with E-state index in [9.17, 15) is 9.18 Å². The van der Waals surface area contributed by atoms with Crippen molar-refractivity contribution in [3.05, 3.63) is 23.5 Å². The molecule has 4 nitrogen and oxygen atoms in total. The molecule has 0 aromatic carbocycles. The van der Waals surface area contributed by atoms with Crippen molar-refractivity contribution in [1.29, 1.82) is 5.26 Å². The van der Waals surface area contributed by atoms with Crippen molar-refractivity contribution in [2.75, 3.05) is 13.1 Å². The van der Waals surface area contributed by atoms with Crippen LogP contribution in [0.15, 0.2) is 12.3 Å². The Bertz CT molecular complexity index is 458. The SMILES string of the molecule is C[C@@]1(F)CCN(C(=O)c2cc(C#N)c[nH]2)C1. The largest absolute Gasteiger partial charge is 0.356 e. The van der Waals surface area contributed by atoms with Crippen LogP contribution in [0, 0.1) is 11.3 Å². The molecule has 1 amide bonds. The lowest BCUT2D eigenvalue weighted by atomic mass is 10.1. The fraction of sp³-hybridized carbons (Fsp3) is 0.455. The number of aromatic nitrogens is 1. The molecule has 1 N–H and O–H groups in total. The molecule has 2 heterocycles. The summed E-state index contributed by atoms with van der Waals surface area (Å²) in [6, 6.07) is 3.42. The molecule has 0 bridgehead atoms. The fourth-order valence-corrected chi connectivity index (χ4v) is 1.85. The number of nitrogens with zero attached hydrogens (tertiary/aromatic N) is 2. The molecule has 1 aromatic rings. The lowest BCUT2D eigenvalue weighted by molar-refractivity contribution is 0.0755. The summed E-state index contributed by atoms with van der Waals surface area (Å²) in [6.45, 7) is 2.04. The minimum atomic E-state index is -1.29. The van der Waals surface area contributed by atoms with Gasteiger partial charge in [-0.05, 0) is 13.0 Å². The summed E-state index contributed by atoms with van der Waals surface area (Å²) in [7, 11) is 0. The van der Waals surface area contributed by atoms with Crippen LogP contribution < -0.4 is 0 Å². The van der Waals surface area contributed by atoms with Crippen molar-refractivity contribution in [3.63, 3.8) is 0 Å². The van der Waals surface area contributed by atoms with Gasteiger partial charge in [-0.3, -0.25) is 4.79 Å². The molecule has 1 atom stereocenters. The van der Waals surface area contributed by atoms with Crippen molar-refractivity contribution in [2.45, 2.75) is 19.0 Å². The van der Waals surface area contributed by atoms with Gasteiger partial charge < -0.3 is 9.88 Å². The zero-order chi connectivity index (χ0) is 11.8. The van der Waals surface area contributed by atoms with E-state index >= 15 is 0 Å². The molecular formula is C11H12FN3O. The van der Waals surface area contributed by atoms with Gasteiger partial charge in [0.2, 0.25) is 0 Å². The highest BCUT2D eigenvalue weighted by Gasteiger charge is 2.36. The van der Waals surface area contributed by atoms with E-state index in [4.69, 9.17) is 5.26 Å². The van der Waals surface area contributed by atoms with Gasteiger partial charge in [0.05, 0.1) is 12.1 Å². The topological polar surface area (TPSA) is 59.9 Å². The van der Waals surface area contributed by atoms with Gasteiger partial charge in [-0.15, -0.1) is 0 Å². The average Bonchev–Trinajstić information content (AvgIpc) is 2.83. The number of carbonyl (C=O) groups excluding carboxylic acids is 1. The Balaban J connectivity index is 2.12. The second-order valence-corrected chi connectivity index (χ2v) is 4.30. The van der Waals surface area contributed by atoms with Crippen LogP contribution >= 0.6 is 0 Å². The van der Waals surface area contributed by atoms with Crippen LogP contribution in [0.4, 0.5) is 4.39 Å². The summed E-state index contributed by atoms with van der Waals surface area (Å²) in [5.74, 6) is -0.247. The number of nitriles is 1. The molecule has 1 aliphatic heterocycles. The van der Waals surface area contributed by atoms with Crippen molar-refractivity contribution >= 4 is 5.91 Å². The summed E-state index contributed by atoms with van der Waals surface area (Å²) in [6.07, 6.45) is 1.84. The Morgan fingerprint density at radius 2 is 2.50 bits per heavy atom. The van der Waals surface area contributed by atoms with Gasteiger partial charge in [-0.25, -0.2) is 4.39 Å². The molecule has 1 saturated heterocycles. The van der Waals surface area contributed by atoms with Crippen LogP contribution in [-0.4, -0.2) is 34.5 Å². The van der Waals surface area contributed by atoms with Gasteiger partial charge in [0.15, 0.2) is 0 Å². The zero-order valence-corrected chi connectivity index (χ0v) is 8.96. The van der Waals surface area contributed by atoms with Crippen molar-refractivity contribution in [3.8, 4) is 6.07 Å². The first kappa shape index (κ1) is 10.7. The number of hydrogen-bond acceptors (Lipinski definition) is 2. The summed E-state index contributed by atoms with van der Waals surface area (Å²) in [5.41, 5.74) is -0.542. The lowest BCUT2D eigenvalue weighted by Crippen LogP contribution is -2.32. The molecule has 1 fully saturated rings. The van der Waals surface area contributed by atoms with E-state index in [0.29, 0.717) is 24.2 Å². The molecule has 1 aromatic heterocycles. The van der Waals surface area contributed by atoms with Crippen LogP contribution in [-0.2, 0) is 0 Å². The molecular weight excluding hydrogens is 209 g/mol. The van der Waals surface area contributed by atoms with Crippen molar-refractivity contribution in [2.24, 2.45) is 0 Å². The van der Waals surface area contributed by atoms with E-state index in [-0.39, 0.29) is 12.5 Å². The predicted octanol–water partition coefficient (Wildman–Crippen LogP) is 1.46. The third-order valence-electron chi connectivity index (χ3n) is 2.75. The minimum absolute atomic E-state index is 0.118. The normalized spacial score (nSPS) is 24.4. The third-order valence-corrected chi connectivity index (χ3v) is 2.75. The molecule has 0 aliphatic carbocycles. The van der Waals surface area contributed by atoms with E-state index in [1.165, 1.54) is 24.1 Å². The second kappa shape index (κ2) is 3.63. The number of carbonyl (C=O) groups is 1. The quantitative estimate of drug-likeness (QED) is 0.780. The first-order chi connectivity index (χ1) is 7.52. The van der Waals surface area contributed by atoms with E-state index in [1.807, 2.05) is 6.07 Å². The first-order valence-corrected chi connectivity index (χ1v) is 5.08. The molecule has 0 spiro atoms. The Morgan fingerprint density at radius 3 is 3.00 bits per heavy atom. The smallest absolute Gasteiger partial charge is 0.270 e. The highest BCUT2D eigenvalue weighted by molar-refractivity contribution is 5.93. The van der Waals surface area contributed by atoms with E-state index < -0.39 is 5.67 Å². The average molecular weight is 221 g/mol. The minimum Gasteiger partial charge on any atom is -0.356 e. The Kier molecular flexibility index (Phi) is 2.43. The van der Waals surface area contributed by atoms with Crippen LogP contribution in [0.1, 0.15) is 29.4 Å². The molecule has 0 unspecified atom stereocenters. The molecule has 16 heavy (non-hydrogen) atoms.